The Morgan fingerprint density at radius 1 is 1.29 bits per heavy atom. The van der Waals surface area contributed by atoms with Crippen molar-refractivity contribution in [3.8, 4) is 5.88 Å². The van der Waals surface area contributed by atoms with Gasteiger partial charge in [-0.2, -0.15) is 0 Å². The second-order valence-corrected chi connectivity index (χ2v) is 5.71. The predicted molar refractivity (Wildman–Crippen MR) is 84.8 cm³/mol. The number of rotatable bonds is 1. The van der Waals surface area contributed by atoms with Gasteiger partial charge in [0.15, 0.2) is 10.6 Å². The van der Waals surface area contributed by atoms with Crippen molar-refractivity contribution in [2.45, 2.75) is 0 Å². The van der Waals surface area contributed by atoms with Crippen LogP contribution >= 0.6 is 11.3 Å². The van der Waals surface area contributed by atoms with Crippen LogP contribution in [0.4, 0.5) is 0 Å². The van der Waals surface area contributed by atoms with Gasteiger partial charge in [-0.1, -0.05) is 41.7 Å². The van der Waals surface area contributed by atoms with E-state index in [0.29, 0.717) is 15.3 Å². The molecule has 106 valence electrons. The second kappa shape index (κ2) is 5.18. The first-order valence-electron chi connectivity index (χ1n) is 6.47. The van der Waals surface area contributed by atoms with Gasteiger partial charge in [-0.25, -0.2) is 0 Å². The van der Waals surface area contributed by atoms with Gasteiger partial charge < -0.3 is 5.11 Å². The van der Waals surface area contributed by atoms with E-state index in [2.05, 4.69) is 4.99 Å². The standard InChI is InChI=1S/C16H14N2O2S/c1-17-16-18(2)15(20)14(21-16)9-12-11-6-4-3-5-10(11)7-8-13(12)19/h3-9,20H,1-2H3. The minimum atomic E-state index is -0.0564. The largest absolute Gasteiger partial charge is 0.493 e. The number of aromatic hydroxyl groups is 1. The molecule has 1 aromatic carbocycles. The van der Waals surface area contributed by atoms with E-state index in [1.54, 1.807) is 30.8 Å². The summed E-state index contributed by atoms with van der Waals surface area (Å²) in [5, 5.41) is 10.2. The highest BCUT2D eigenvalue weighted by molar-refractivity contribution is 7.10. The van der Waals surface area contributed by atoms with Crippen LogP contribution in [0.3, 0.4) is 0 Å². The number of hydrogen-bond acceptors (Lipinski definition) is 4. The molecule has 0 saturated carbocycles. The Morgan fingerprint density at radius 2 is 2.05 bits per heavy atom. The quantitative estimate of drug-likeness (QED) is 0.822. The predicted octanol–water partition coefficient (Wildman–Crippen LogP) is 2.46. The third-order valence-corrected chi connectivity index (χ3v) is 4.58. The van der Waals surface area contributed by atoms with E-state index >= 15 is 0 Å². The number of allylic oxidation sites excluding steroid dienone is 2. The Kier molecular flexibility index (Phi) is 3.35. The highest BCUT2D eigenvalue weighted by Crippen LogP contribution is 2.31. The summed E-state index contributed by atoms with van der Waals surface area (Å²) in [6.45, 7) is 0. The molecule has 1 aromatic heterocycles. The molecule has 0 bridgehead atoms. The molecule has 3 rings (SSSR count). The molecule has 5 heteroatoms. The first kappa shape index (κ1) is 13.6. The van der Waals surface area contributed by atoms with E-state index in [9.17, 15) is 9.90 Å². The summed E-state index contributed by atoms with van der Waals surface area (Å²) in [6, 6.07) is 7.72. The van der Waals surface area contributed by atoms with E-state index < -0.39 is 0 Å². The maximum atomic E-state index is 12.2. The van der Waals surface area contributed by atoms with Crippen molar-refractivity contribution in [3.05, 3.63) is 51.1 Å². The Labute approximate surface area is 126 Å². The topological polar surface area (TPSA) is 54.6 Å². The molecule has 0 aliphatic heterocycles. The molecule has 1 aliphatic carbocycles. The summed E-state index contributed by atoms with van der Waals surface area (Å²) in [7, 11) is 3.42. The minimum absolute atomic E-state index is 0.0564. The zero-order valence-electron chi connectivity index (χ0n) is 11.7. The molecule has 21 heavy (non-hydrogen) atoms. The first-order valence-corrected chi connectivity index (χ1v) is 7.28. The molecule has 0 unspecified atom stereocenters. The van der Waals surface area contributed by atoms with Gasteiger partial charge in [0.2, 0.25) is 5.88 Å². The van der Waals surface area contributed by atoms with Crippen molar-refractivity contribution >= 4 is 34.8 Å². The molecular weight excluding hydrogens is 284 g/mol. The summed E-state index contributed by atoms with van der Waals surface area (Å²) < 4.78 is 1.60. The lowest BCUT2D eigenvalue weighted by molar-refractivity contribution is -0.109. The van der Waals surface area contributed by atoms with E-state index in [4.69, 9.17) is 0 Å². The van der Waals surface area contributed by atoms with Crippen LogP contribution in [0.5, 0.6) is 5.88 Å². The molecule has 1 N–H and O–H groups in total. The van der Waals surface area contributed by atoms with E-state index in [-0.39, 0.29) is 11.7 Å². The molecule has 0 radical (unpaired) electrons. The Bertz CT molecular complexity index is 853. The molecule has 2 aromatic rings. The number of hydrogen-bond donors (Lipinski definition) is 1. The highest BCUT2D eigenvalue weighted by atomic mass is 32.1. The maximum Gasteiger partial charge on any atom is 0.210 e. The lowest BCUT2D eigenvalue weighted by Gasteiger charge is -2.12. The molecule has 4 nitrogen and oxygen atoms in total. The Balaban J connectivity index is 2.20. The second-order valence-electron chi connectivity index (χ2n) is 4.70. The number of fused-ring (bicyclic) bond motifs is 1. The van der Waals surface area contributed by atoms with Crippen LogP contribution in [-0.4, -0.2) is 22.5 Å². The number of ketones is 1. The Hall–Kier alpha value is -2.40. The zero-order chi connectivity index (χ0) is 15.0. The number of carbonyl (C=O) groups is 1. The van der Waals surface area contributed by atoms with Crippen molar-refractivity contribution in [3.63, 3.8) is 0 Å². The number of aromatic nitrogens is 1. The monoisotopic (exact) mass is 298 g/mol. The number of nitrogens with zero attached hydrogens (tertiary/aromatic N) is 2. The maximum absolute atomic E-state index is 12.2. The van der Waals surface area contributed by atoms with Gasteiger partial charge in [-0.15, -0.1) is 0 Å². The zero-order valence-corrected chi connectivity index (χ0v) is 12.5. The normalized spacial score (nSPS) is 16.6. The molecule has 0 saturated heterocycles. The van der Waals surface area contributed by atoms with Gasteiger partial charge in [0, 0.05) is 19.7 Å². The average Bonchev–Trinajstić information content (AvgIpc) is 2.78. The van der Waals surface area contributed by atoms with Crippen LogP contribution in [0.1, 0.15) is 16.0 Å². The fourth-order valence-corrected chi connectivity index (χ4v) is 3.23. The van der Waals surface area contributed by atoms with Crippen molar-refractivity contribution in [2.75, 3.05) is 7.05 Å². The van der Waals surface area contributed by atoms with Gasteiger partial charge in [-0.3, -0.25) is 14.4 Å². The molecule has 0 fully saturated rings. The molecule has 0 amide bonds. The molecule has 1 heterocycles. The van der Waals surface area contributed by atoms with Crippen molar-refractivity contribution in [1.29, 1.82) is 0 Å². The van der Waals surface area contributed by atoms with Crippen molar-refractivity contribution < 1.29 is 9.90 Å². The van der Waals surface area contributed by atoms with E-state index in [0.717, 1.165) is 11.1 Å². The average molecular weight is 298 g/mol. The van der Waals surface area contributed by atoms with Crippen molar-refractivity contribution in [2.24, 2.45) is 12.0 Å². The van der Waals surface area contributed by atoms with Crippen molar-refractivity contribution in [1.82, 2.24) is 4.57 Å². The number of thiazole rings is 1. The molecule has 1 aliphatic rings. The summed E-state index contributed by atoms with van der Waals surface area (Å²) in [5.74, 6) is 0.0621. The number of carbonyl (C=O) groups excluding carboxylic acids is 1. The number of benzene rings is 1. The first-order chi connectivity index (χ1) is 10.1. The van der Waals surface area contributed by atoms with Gasteiger partial charge >= 0.3 is 0 Å². The van der Waals surface area contributed by atoms with Crippen LogP contribution in [0.25, 0.3) is 17.7 Å². The van der Waals surface area contributed by atoms with Gasteiger partial charge in [0.25, 0.3) is 0 Å². The van der Waals surface area contributed by atoms with Crippen LogP contribution in [0.2, 0.25) is 0 Å². The third-order valence-electron chi connectivity index (χ3n) is 3.42. The SMILES string of the molecule is CN=c1sc(C=C2C(=O)C=Cc3ccccc32)c(O)n1C. The summed E-state index contributed by atoms with van der Waals surface area (Å²) in [5.41, 5.74) is 2.48. The van der Waals surface area contributed by atoms with Crippen LogP contribution in [-0.2, 0) is 11.8 Å². The van der Waals surface area contributed by atoms with Crippen LogP contribution in [0.15, 0.2) is 35.3 Å². The molecule has 0 atom stereocenters. The van der Waals surface area contributed by atoms with Crippen LogP contribution in [0, 0.1) is 0 Å². The molecular formula is C16H14N2O2S. The van der Waals surface area contributed by atoms with Gasteiger partial charge in [0.1, 0.15) is 0 Å². The third kappa shape index (κ3) is 2.25. The van der Waals surface area contributed by atoms with E-state index in [1.807, 2.05) is 30.3 Å². The van der Waals surface area contributed by atoms with Gasteiger partial charge in [-0.05, 0) is 23.3 Å². The lowest BCUT2D eigenvalue weighted by Crippen LogP contribution is -2.08. The van der Waals surface area contributed by atoms with Crippen LogP contribution < -0.4 is 4.80 Å². The fourth-order valence-electron chi connectivity index (χ4n) is 2.31. The van der Waals surface area contributed by atoms with Gasteiger partial charge in [0.05, 0.1) is 4.88 Å². The smallest absolute Gasteiger partial charge is 0.210 e. The summed E-state index contributed by atoms with van der Waals surface area (Å²) in [6.07, 6.45) is 5.11. The summed E-state index contributed by atoms with van der Waals surface area (Å²) >= 11 is 1.35. The minimum Gasteiger partial charge on any atom is -0.493 e. The Morgan fingerprint density at radius 3 is 2.76 bits per heavy atom. The molecule has 0 spiro atoms. The highest BCUT2D eigenvalue weighted by Gasteiger charge is 2.18. The van der Waals surface area contributed by atoms with E-state index in [1.165, 1.54) is 11.3 Å². The summed E-state index contributed by atoms with van der Waals surface area (Å²) in [4.78, 5) is 17.6. The fraction of sp³-hybridized carbons (Fsp3) is 0.125. The lowest BCUT2D eigenvalue weighted by atomic mass is 9.91.